The Balaban J connectivity index is 2.75. The molecule has 5 nitrogen and oxygen atoms in total. The molecule has 0 aliphatic rings. The molecule has 0 bridgehead atoms. The minimum atomic E-state index is -0.979. The van der Waals surface area contributed by atoms with Gasteiger partial charge in [0.15, 0.2) is 0 Å². The molecular weight excluding hydrogens is 238 g/mol. The van der Waals surface area contributed by atoms with Gasteiger partial charge in [0.1, 0.15) is 15.9 Å². The fraction of sp³-hybridized carbons (Fsp3) is 0.364. The lowest BCUT2D eigenvalue weighted by Crippen LogP contribution is -2.15. The minimum Gasteiger partial charge on any atom is -0.478 e. The highest BCUT2D eigenvalue weighted by Crippen LogP contribution is 2.30. The molecule has 2 N–H and O–H groups in total. The number of fused-ring (bicyclic) bond motifs is 1. The summed E-state index contributed by atoms with van der Waals surface area (Å²) in [6, 6.07) is 0.139. The Bertz CT molecular complexity index is 577. The van der Waals surface area contributed by atoms with Crippen molar-refractivity contribution in [2.75, 3.05) is 5.32 Å². The van der Waals surface area contributed by atoms with Crippen molar-refractivity contribution in [3.05, 3.63) is 16.8 Å². The third-order valence-corrected chi connectivity index (χ3v) is 3.03. The maximum atomic E-state index is 11.3. The topological polar surface area (TPSA) is 75.1 Å². The average Bonchev–Trinajstić information content (AvgIpc) is 2.63. The van der Waals surface area contributed by atoms with Gasteiger partial charge < -0.3 is 10.4 Å². The van der Waals surface area contributed by atoms with E-state index in [1.54, 1.807) is 12.4 Å². The number of anilines is 1. The van der Waals surface area contributed by atoms with E-state index < -0.39 is 5.97 Å². The van der Waals surface area contributed by atoms with Crippen molar-refractivity contribution in [2.45, 2.75) is 26.8 Å². The molecule has 90 valence electrons. The summed E-state index contributed by atoms with van der Waals surface area (Å²) in [6.07, 6.45) is 0. The van der Waals surface area contributed by atoms with E-state index in [1.165, 1.54) is 11.3 Å². The van der Waals surface area contributed by atoms with Crippen molar-refractivity contribution in [2.24, 2.45) is 0 Å². The quantitative estimate of drug-likeness (QED) is 0.876. The highest BCUT2D eigenvalue weighted by atomic mass is 32.1. The van der Waals surface area contributed by atoms with Crippen LogP contribution in [0.15, 0.2) is 5.51 Å². The Morgan fingerprint density at radius 3 is 2.82 bits per heavy atom. The molecule has 0 fully saturated rings. The number of nitrogens with one attached hydrogen (secondary N) is 1. The van der Waals surface area contributed by atoms with Gasteiger partial charge in [0, 0.05) is 6.04 Å². The molecule has 0 spiro atoms. The normalized spacial score (nSPS) is 11.1. The van der Waals surface area contributed by atoms with Crippen LogP contribution >= 0.6 is 11.3 Å². The van der Waals surface area contributed by atoms with Gasteiger partial charge in [0.2, 0.25) is 0 Å². The van der Waals surface area contributed by atoms with Gasteiger partial charge in [0.25, 0.3) is 0 Å². The number of pyridine rings is 1. The van der Waals surface area contributed by atoms with Crippen molar-refractivity contribution in [1.29, 1.82) is 0 Å². The lowest BCUT2D eigenvalue weighted by atomic mass is 10.1. The van der Waals surface area contributed by atoms with E-state index >= 15 is 0 Å². The smallest absolute Gasteiger partial charge is 0.339 e. The van der Waals surface area contributed by atoms with Crippen molar-refractivity contribution in [3.63, 3.8) is 0 Å². The van der Waals surface area contributed by atoms with Gasteiger partial charge in [0.05, 0.1) is 16.9 Å². The van der Waals surface area contributed by atoms with E-state index in [2.05, 4.69) is 15.3 Å². The standard InChI is InChI=1S/C11H13N3O2S/c1-5(2)13-8-7(11(15)16)6(3)14-10-9(8)12-4-17-10/h4-5H,1-3H3,(H,13,14)(H,15,16). The molecule has 17 heavy (non-hydrogen) atoms. The van der Waals surface area contributed by atoms with Crippen molar-refractivity contribution in [1.82, 2.24) is 9.97 Å². The van der Waals surface area contributed by atoms with Gasteiger partial charge in [-0.3, -0.25) is 0 Å². The largest absolute Gasteiger partial charge is 0.478 e. The summed E-state index contributed by atoms with van der Waals surface area (Å²) in [4.78, 5) is 20.5. The van der Waals surface area contributed by atoms with Crippen LogP contribution in [0.25, 0.3) is 10.3 Å². The second-order valence-electron chi connectivity index (χ2n) is 4.06. The molecule has 0 unspecified atom stereocenters. The predicted octanol–water partition coefficient (Wildman–Crippen LogP) is 2.52. The second kappa shape index (κ2) is 4.29. The van der Waals surface area contributed by atoms with Crippen LogP contribution in [0.4, 0.5) is 5.69 Å². The zero-order chi connectivity index (χ0) is 12.6. The van der Waals surface area contributed by atoms with Crippen molar-refractivity contribution in [3.8, 4) is 0 Å². The summed E-state index contributed by atoms with van der Waals surface area (Å²) < 4.78 is 0. The minimum absolute atomic E-state index is 0.139. The maximum Gasteiger partial charge on any atom is 0.339 e. The van der Waals surface area contributed by atoms with Gasteiger partial charge in [-0.05, 0) is 20.8 Å². The first-order valence-corrected chi connectivity index (χ1v) is 6.12. The summed E-state index contributed by atoms with van der Waals surface area (Å²) in [5, 5.41) is 12.4. The lowest BCUT2D eigenvalue weighted by Gasteiger charge is -2.14. The number of aromatic nitrogens is 2. The number of aromatic carboxylic acids is 1. The first kappa shape index (κ1) is 11.8. The van der Waals surface area contributed by atoms with E-state index in [1.807, 2.05) is 13.8 Å². The van der Waals surface area contributed by atoms with Crippen LogP contribution in [0.2, 0.25) is 0 Å². The molecule has 0 aliphatic heterocycles. The molecular formula is C11H13N3O2S. The zero-order valence-corrected chi connectivity index (χ0v) is 10.6. The first-order chi connectivity index (χ1) is 8.00. The third kappa shape index (κ3) is 2.08. The van der Waals surface area contributed by atoms with E-state index in [9.17, 15) is 9.90 Å². The van der Waals surface area contributed by atoms with Crippen LogP contribution < -0.4 is 5.32 Å². The SMILES string of the molecule is Cc1nc2scnc2c(NC(C)C)c1C(=O)O. The molecule has 2 aromatic heterocycles. The van der Waals surface area contributed by atoms with E-state index in [0.29, 0.717) is 16.9 Å². The Labute approximate surface area is 103 Å². The fourth-order valence-electron chi connectivity index (χ4n) is 1.69. The highest BCUT2D eigenvalue weighted by Gasteiger charge is 2.20. The molecule has 0 saturated heterocycles. The van der Waals surface area contributed by atoms with Crippen LogP contribution in [0.1, 0.15) is 29.9 Å². The number of hydrogen-bond acceptors (Lipinski definition) is 5. The molecule has 0 atom stereocenters. The molecule has 2 heterocycles. The number of nitrogens with zero attached hydrogens (tertiary/aromatic N) is 2. The third-order valence-electron chi connectivity index (χ3n) is 2.31. The van der Waals surface area contributed by atoms with E-state index in [0.717, 1.165) is 4.83 Å². The number of rotatable bonds is 3. The highest BCUT2D eigenvalue weighted by molar-refractivity contribution is 7.16. The fourth-order valence-corrected chi connectivity index (χ4v) is 2.40. The number of aryl methyl sites for hydroxylation is 1. The van der Waals surface area contributed by atoms with Gasteiger partial charge >= 0.3 is 5.97 Å². The van der Waals surface area contributed by atoms with Gasteiger partial charge in [-0.2, -0.15) is 0 Å². The molecule has 0 aliphatic carbocycles. The van der Waals surface area contributed by atoms with Crippen LogP contribution in [-0.4, -0.2) is 27.1 Å². The average molecular weight is 251 g/mol. The van der Waals surface area contributed by atoms with Crippen LogP contribution in [0, 0.1) is 6.92 Å². The Morgan fingerprint density at radius 2 is 2.24 bits per heavy atom. The van der Waals surface area contributed by atoms with Crippen LogP contribution in [-0.2, 0) is 0 Å². The number of thiazole rings is 1. The van der Waals surface area contributed by atoms with Crippen molar-refractivity contribution >= 4 is 33.3 Å². The van der Waals surface area contributed by atoms with Gasteiger partial charge in [-0.1, -0.05) is 0 Å². The summed E-state index contributed by atoms with van der Waals surface area (Å²) in [7, 11) is 0. The Morgan fingerprint density at radius 1 is 1.53 bits per heavy atom. The molecule has 2 rings (SSSR count). The van der Waals surface area contributed by atoms with Crippen LogP contribution in [0.3, 0.4) is 0 Å². The predicted molar refractivity (Wildman–Crippen MR) is 67.9 cm³/mol. The zero-order valence-electron chi connectivity index (χ0n) is 9.81. The molecule has 2 aromatic rings. The number of carboxylic acid groups (broad SMARTS) is 1. The molecule has 0 aromatic carbocycles. The van der Waals surface area contributed by atoms with Gasteiger partial charge in [-0.15, -0.1) is 11.3 Å². The summed E-state index contributed by atoms with van der Waals surface area (Å²) >= 11 is 1.41. The van der Waals surface area contributed by atoms with Crippen LogP contribution in [0.5, 0.6) is 0 Å². The molecule has 0 amide bonds. The van der Waals surface area contributed by atoms with E-state index in [4.69, 9.17) is 0 Å². The van der Waals surface area contributed by atoms with Gasteiger partial charge in [-0.25, -0.2) is 14.8 Å². The number of carbonyl (C=O) groups is 1. The molecule has 6 heteroatoms. The first-order valence-electron chi connectivity index (χ1n) is 5.24. The summed E-state index contributed by atoms with van der Waals surface area (Å²) in [5.74, 6) is -0.979. The summed E-state index contributed by atoms with van der Waals surface area (Å²) in [6.45, 7) is 5.62. The monoisotopic (exact) mass is 251 g/mol. The molecule has 0 saturated carbocycles. The maximum absolute atomic E-state index is 11.3. The Hall–Kier alpha value is -1.69. The molecule has 0 radical (unpaired) electrons. The number of carboxylic acids is 1. The number of hydrogen-bond donors (Lipinski definition) is 2. The summed E-state index contributed by atoms with van der Waals surface area (Å²) in [5.41, 5.74) is 3.59. The van der Waals surface area contributed by atoms with E-state index in [-0.39, 0.29) is 11.6 Å². The Kier molecular flexibility index (Phi) is 2.97. The second-order valence-corrected chi connectivity index (χ2v) is 4.89. The lowest BCUT2D eigenvalue weighted by molar-refractivity contribution is 0.0697. The van der Waals surface area contributed by atoms with Crippen molar-refractivity contribution < 1.29 is 9.90 Å².